The molecule has 0 aromatic heterocycles. The molecule has 1 saturated carbocycles. The summed E-state index contributed by atoms with van der Waals surface area (Å²) in [7, 11) is 0. The standard InChI is InChI=1S/C21H31N3O.HI/c1-4-22-20(24-18-17-11-12-25-19(17)21(18,2)3)23-16-10-9-14-7-5-6-8-15(14)13-16;/h5-8,16-19H,4,9-13H2,1-3H3,(H2,22,23,24);1H. The van der Waals surface area contributed by atoms with Gasteiger partial charge in [0.05, 0.1) is 6.10 Å². The number of nitrogens with zero attached hydrogens (tertiary/aromatic N) is 1. The SMILES string of the molecule is CCN=C(NC1CCc2ccccc2C1)NC1C2CCOC2C1(C)C.I. The van der Waals surface area contributed by atoms with Crippen LogP contribution in [0.1, 0.15) is 44.7 Å². The van der Waals surface area contributed by atoms with Gasteiger partial charge in [-0.15, -0.1) is 24.0 Å². The Balaban J connectivity index is 0.00000196. The van der Waals surface area contributed by atoms with Gasteiger partial charge in [0.1, 0.15) is 0 Å². The minimum absolute atomic E-state index is 0. The van der Waals surface area contributed by atoms with Crippen LogP contribution in [0.2, 0.25) is 0 Å². The van der Waals surface area contributed by atoms with Gasteiger partial charge in [-0.25, -0.2) is 0 Å². The molecule has 4 rings (SSSR count). The first-order valence-corrected chi connectivity index (χ1v) is 9.85. The van der Waals surface area contributed by atoms with Gasteiger partial charge in [-0.05, 0) is 43.7 Å². The van der Waals surface area contributed by atoms with Crippen molar-refractivity contribution in [3.63, 3.8) is 0 Å². The van der Waals surface area contributed by atoms with Crippen LogP contribution in [-0.2, 0) is 17.6 Å². The molecule has 4 atom stereocenters. The monoisotopic (exact) mass is 469 g/mol. The van der Waals surface area contributed by atoms with Gasteiger partial charge in [-0.2, -0.15) is 0 Å². The number of rotatable bonds is 3. The Kier molecular flexibility index (Phi) is 6.17. The number of hydrogen-bond acceptors (Lipinski definition) is 2. The predicted octanol–water partition coefficient (Wildman–Crippen LogP) is 3.53. The molecule has 1 aromatic rings. The molecule has 26 heavy (non-hydrogen) atoms. The summed E-state index contributed by atoms with van der Waals surface area (Å²) in [6.07, 6.45) is 4.99. The van der Waals surface area contributed by atoms with E-state index < -0.39 is 0 Å². The first-order chi connectivity index (χ1) is 12.1. The Hall–Kier alpha value is -0.820. The minimum Gasteiger partial charge on any atom is -0.377 e. The van der Waals surface area contributed by atoms with Crippen LogP contribution in [0.15, 0.2) is 29.3 Å². The average molecular weight is 469 g/mol. The number of aliphatic imine (C=N–C) groups is 1. The lowest BCUT2D eigenvalue weighted by molar-refractivity contribution is -0.106. The van der Waals surface area contributed by atoms with E-state index >= 15 is 0 Å². The Labute approximate surface area is 174 Å². The van der Waals surface area contributed by atoms with Crippen molar-refractivity contribution in [2.24, 2.45) is 16.3 Å². The van der Waals surface area contributed by atoms with Gasteiger partial charge in [-0.1, -0.05) is 38.1 Å². The number of nitrogens with one attached hydrogen (secondary N) is 2. The van der Waals surface area contributed by atoms with E-state index in [0.29, 0.717) is 24.1 Å². The molecule has 4 nitrogen and oxygen atoms in total. The van der Waals surface area contributed by atoms with E-state index in [0.717, 1.165) is 32.0 Å². The predicted molar refractivity (Wildman–Crippen MR) is 117 cm³/mol. The molecule has 2 fully saturated rings. The van der Waals surface area contributed by atoms with E-state index in [4.69, 9.17) is 9.73 Å². The number of ether oxygens (including phenoxy) is 1. The first kappa shape index (κ1) is 19.9. The van der Waals surface area contributed by atoms with Crippen LogP contribution < -0.4 is 10.6 Å². The highest BCUT2D eigenvalue weighted by atomic mass is 127. The van der Waals surface area contributed by atoms with Crippen molar-refractivity contribution in [1.29, 1.82) is 0 Å². The molecule has 0 amide bonds. The topological polar surface area (TPSA) is 45.7 Å². The van der Waals surface area contributed by atoms with Gasteiger partial charge in [0.25, 0.3) is 0 Å². The fourth-order valence-electron chi connectivity index (χ4n) is 5.07. The van der Waals surface area contributed by atoms with E-state index in [1.807, 2.05) is 0 Å². The lowest BCUT2D eigenvalue weighted by atomic mass is 9.57. The smallest absolute Gasteiger partial charge is 0.191 e. The summed E-state index contributed by atoms with van der Waals surface area (Å²) in [6, 6.07) is 9.75. The van der Waals surface area contributed by atoms with Crippen LogP contribution >= 0.6 is 24.0 Å². The van der Waals surface area contributed by atoms with Crippen LogP contribution in [0.3, 0.4) is 0 Å². The van der Waals surface area contributed by atoms with Gasteiger partial charge in [0, 0.05) is 36.6 Å². The van der Waals surface area contributed by atoms with Crippen molar-refractivity contribution >= 4 is 29.9 Å². The maximum atomic E-state index is 5.93. The molecule has 1 aromatic carbocycles. The van der Waals surface area contributed by atoms with Gasteiger partial charge in [0.15, 0.2) is 5.96 Å². The zero-order chi connectivity index (χ0) is 17.4. The number of benzene rings is 1. The Morgan fingerprint density at radius 1 is 1.19 bits per heavy atom. The number of fused-ring (bicyclic) bond motifs is 2. The maximum absolute atomic E-state index is 5.93. The molecule has 2 aliphatic carbocycles. The van der Waals surface area contributed by atoms with Gasteiger partial charge >= 0.3 is 0 Å². The fraction of sp³-hybridized carbons (Fsp3) is 0.667. The molecule has 1 saturated heterocycles. The van der Waals surface area contributed by atoms with Crippen molar-refractivity contribution in [1.82, 2.24) is 10.6 Å². The molecule has 2 N–H and O–H groups in total. The third kappa shape index (κ3) is 3.61. The van der Waals surface area contributed by atoms with E-state index in [1.54, 1.807) is 0 Å². The highest BCUT2D eigenvalue weighted by Gasteiger charge is 2.59. The second-order valence-electron chi connectivity index (χ2n) is 8.36. The van der Waals surface area contributed by atoms with Crippen LogP contribution in [-0.4, -0.2) is 37.3 Å². The third-order valence-electron chi connectivity index (χ3n) is 6.40. The first-order valence-electron chi connectivity index (χ1n) is 9.85. The van der Waals surface area contributed by atoms with Crippen molar-refractivity contribution in [2.75, 3.05) is 13.2 Å². The summed E-state index contributed by atoms with van der Waals surface area (Å²) in [5, 5.41) is 7.46. The summed E-state index contributed by atoms with van der Waals surface area (Å²) in [5.41, 5.74) is 3.17. The molecular weight excluding hydrogens is 437 g/mol. The second-order valence-corrected chi connectivity index (χ2v) is 8.36. The average Bonchev–Trinajstić information content (AvgIpc) is 3.07. The van der Waals surface area contributed by atoms with Crippen molar-refractivity contribution in [2.45, 2.75) is 64.6 Å². The molecule has 4 unspecified atom stereocenters. The summed E-state index contributed by atoms with van der Waals surface area (Å²) in [5.74, 6) is 1.61. The quantitative estimate of drug-likeness (QED) is 0.405. The molecule has 5 heteroatoms. The Morgan fingerprint density at radius 2 is 1.96 bits per heavy atom. The summed E-state index contributed by atoms with van der Waals surface area (Å²) in [6.45, 7) is 8.45. The largest absolute Gasteiger partial charge is 0.377 e. The van der Waals surface area contributed by atoms with Crippen LogP contribution in [0, 0.1) is 11.3 Å². The van der Waals surface area contributed by atoms with Crippen LogP contribution in [0.5, 0.6) is 0 Å². The summed E-state index contributed by atoms with van der Waals surface area (Å²) >= 11 is 0. The van der Waals surface area contributed by atoms with Crippen LogP contribution in [0.4, 0.5) is 0 Å². The lowest BCUT2D eigenvalue weighted by Crippen LogP contribution is -2.68. The number of guanidine groups is 1. The second kappa shape index (κ2) is 8.05. The molecule has 144 valence electrons. The minimum atomic E-state index is 0. The van der Waals surface area contributed by atoms with E-state index in [1.165, 1.54) is 24.0 Å². The van der Waals surface area contributed by atoms with Crippen molar-refractivity contribution in [3.8, 4) is 0 Å². The molecule has 3 aliphatic rings. The number of hydrogen-bond donors (Lipinski definition) is 2. The zero-order valence-corrected chi connectivity index (χ0v) is 18.5. The highest BCUT2D eigenvalue weighted by Crippen LogP contribution is 2.52. The summed E-state index contributed by atoms with van der Waals surface area (Å²) < 4.78 is 5.93. The number of aryl methyl sites for hydroxylation is 1. The highest BCUT2D eigenvalue weighted by molar-refractivity contribution is 14.0. The van der Waals surface area contributed by atoms with Gasteiger partial charge in [-0.3, -0.25) is 4.99 Å². The van der Waals surface area contributed by atoms with E-state index in [2.05, 4.69) is 55.7 Å². The lowest BCUT2D eigenvalue weighted by Gasteiger charge is -2.55. The Bertz CT molecular complexity index is 660. The Morgan fingerprint density at radius 3 is 2.73 bits per heavy atom. The molecule has 0 spiro atoms. The number of halogens is 1. The van der Waals surface area contributed by atoms with E-state index in [-0.39, 0.29) is 29.4 Å². The third-order valence-corrected chi connectivity index (χ3v) is 6.40. The molecule has 1 heterocycles. The van der Waals surface area contributed by atoms with Gasteiger partial charge < -0.3 is 15.4 Å². The normalized spacial score (nSPS) is 31.9. The van der Waals surface area contributed by atoms with Gasteiger partial charge in [0.2, 0.25) is 0 Å². The zero-order valence-electron chi connectivity index (χ0n) is 16.1. The van der Waals surface area contributed by atoms with Crippen LogP contribution in [0.25, 0.3) is 0 Å². The van der Waals surface area contributed by atoms with Crippen molar-refractivity contribution < 1.29 is 4.74 Å². The van der Waals surface area contributed by atoms with Crippen molar-refractivity contribution in [3.05, 3.63) is 35.4 Å². The molecule has 0 radical (unpaired) electrons. The molecule has 1 aliphatic heterocycles. The fourth-order valence-corrected chi connectivity index (χ4v) is 5.07. The summed E-state index contributed by atoms with van der Waals surface area (Å²) in [4.78, 5) is 4.73. The molecular formula is C21H32IN3O. The molecule has 0 bridgehead atoms. The maximum Gasteiger partial charge on any atom is 0.191 e. The van der Waals surface area contributed by atoms with E-state index in [9.17, 15) is 0 Å².